The molecule has 7 heteroatoms. The standard InChI is InChI=1S/C14H27N3O2S2/c1-6-17-11-14(9-13(17)10-15-12(2)3)21(18,19)16(4)7-8-20-5/h9,11-12,15H,6-8,10H2,1-5H3. The number of hydrogen-bond donors (Lipinski definition) is 1. The second-order valence-electron chi connectivity index (χ2n) is 5.31. The molecule has 0 aliphatic rings. The maximum Gasteiger partial charge on any atom is 0.244 e. The van der Waals surface area contributed by atoms with Crippen molar-refractivity contribution in [2.45, 2.75) is 44.8 Å². The van der Waals surface area contributed by atoms with E-state index in [2.05, 4.69) is 19.2 Å². The van der Waals surface area contributed by atoms with E-state index in [1.807, 2.05) is 17.7 Å². The van der Waals surface area contributed by atoms with Crippen LogP contribution in [0.15, 0.2) is 17.2 Å². The molecule has 1 rings (SSSR count). The fourth-order valence-electron chi connectivity index (χ4n) is 1.94. The average molecular weight is 334 g/mol. The van der Waals surface area contributed by atoms with Gasteiger partial charge in [-0.2, -0.15) is 11.8 Å². The molecule has 0 amide bonds. The number of aromatic nitrogens is 1. The Bertz CT molecular complexity index is 538. The van der Waals surface area contributed by atoms with Crippen LogP contribution in [-0.2, 0) is 23.1 Å². The van der Waals surface area contributed by atoms with Gasteiger partial charge in [-0.15, -0.1) is 0 Å². The van der Waals surface area contributed by atoms with Crippen LogP contribution < -0.4 is 5.32 Å². The Morgan fingerprint density at radius 1 is 1.43 bits per heavy atom. The summed E-state index contributed by atoms with van der Waals surface area (Å²) in [5, 5.41) is 3.33. The third kappa shape index (κ3) is 5.02. The van der Waals surface area contributed by atoms with Crippen molar-refractivity contribution in [3.63, 3.8) is 0 Å². The lowest BCUT2D eigenvalue weighted by Gasteiger charge is -2.15. The molecule has 0 atom stereocenters. The minimum atomic E-state index is -3.39. The zero-order valence-electron chi connectivity index (χ0n) is 13.6. The van der Waals surface area contributed by atoms with E-state index in [9.17, 15) is 8.42 Å². The highest BCUT2D eigenvalue weighted by atomic mass is 32.2. The van der Waals surface area contributed by atoms with Gasteiger partial charge in [0.2, 0.25) is 10.0 Å². The van der Waals surface area contributed by atoms with Crippen LogP contribution in [0.25, 0.3) is 0 Å². The lowest BCUT2D eigenvalue weighted by molar-refractivity contribution is 0.488. The third-order valence-electron chi connectivity index (χ3n) is 3.31. The lowest BCUT2D eigenvalue weighted by atomic mass is 10.3. The van der Waals surface area contributed by atoms with Gasteiger partial charge in [-0.3, -0.25) is 0 Å². The molecule has 0 aliphatic heterocycles. The van der Waals surface area contributed by atoms with Gasteiger partial charge < -0.3 is 9.88 Å². The summed E-state index contributed by atoms with van der Waals surface area (Å²) >= 11 is 1.64. The average Bonchev–Trinajstić information content (AvgIpc) is 2.86. The number of sulfonamides is 1. The Morgan fingerprint density at radius 3 is 2.62 bits per heavy atom. The van der Waals surface area contributed by atoms with Crippen LogP contribution in [0.5, 0.6) is 0 Å². The number of nitrogens with zero attached hydrogens (tertiary/aromatic N) is 2. The van der Waals surface area contributed by atoms with E-state index in [1.165, 1.54) is 4.31 Å². The molecule has 0 fully saturated rings. The van der Waals surface area contributed by atoms with E-state index < -0.39 is 10.0 Å². The molecule has 0 aromatic carbocycles. The van der Waals surface area contributed by atoms with Crippen LogP contribution in [0.4, 0.5) is 0 Å². The van der Waals surface area contributed by atoms with Crippen LogP contribution in [-0.4, -0.2) is 48.9 Å². The Morgan fingerprint density at radius 2 is 2.10 bits per heavy atom. The molecule has 0 saturated carbocycles. The Labute approximate surface area is 133 Å². The van der Waals surface area contributed by atoms with E-state index in [0.29, 0.717) is 24.0 Å². The third-order valence-corrected chi connectivity index (χ3v) is 5.72. The van der Waals surface area contributed by atoms with Gasteiger partial charge in [0.05, 0.1) is 0 Å². The van der Waals surface area contributed by atoms with Gasteiger partial charge in [0.25, 0.3) is 0 Å². The van der Waals surface area contributed by atoms with Gasteiger partial charge in [0, 0.05) is 50.4 Å². The summed E-state index contributed by atoms with van der Waals surface area (Å²) in [4.78, 5) is 0.383. The van der Waals surface area contributed by atoms with Crippen molar-refractivity contribution in [2.75, 3.05) is 25.6 Å². The molecule has 0 aliphatic carbocycles. The fourth-order valence-corrected chi connectivity index (χ4v) is 3.75. The summed E-state index contributed by atoms with van der Waals surface area (Å²) in [6, 6.07) is 2.15. The van der Waals surface area contributed by atoms with Crippen LogP contribution in [0.3, 0.4) is 0 Å². The van der Waals surface area contributed by atoms with E-state index in [-0.39, 0.29) is 0 Å². The van der Waals surface area contributed by atoms with Gasteiger partial charge in [-0.05, 0) is 19.2 Å². The molecule has 21 heavy (non-hydrogen) atoms. The first-order chi connectivity index (χ1) is 9.82. The van der Waals surface area contributed by atoms with Gasteiger partial charge in [-0.1, -0.05) is 13.8 Å². The molecule has 0 spiro atoms. The first-order valence-corrected chi connectivity index (χ1v) is 10.0. The smallest absolute Gasteiger partial charge is 0.244 e. The predicted molar refractivity (Wildman–Crippen MR) is 90.3 cm³/mol. The van der Waals surface area contributed by atoms with Gasteiger partial charge in [0.1, 0.15) is 4.90 Å². The van der Waals surface area contributed by atoms with Crippen LogP contribution in [0.2, 0.25) is 0 Å². The molecule has 1 N–H and O–H groups in total. The zero-order chi connectivity index (χ0) is 16.0. The zero-order valence-corrected chi connectivity index (χ0v) is 15.2. The molecule has 0 radical (unpaired) electrons. The van der Waals surface area contributed by atoms with Gasteiger partial charge in [-0.25, -0.2) is 12.7 Å². The highest BCUT2D eigenvalue weighted by molar-refractivity contribution is 7.98. The Hall–Kier alpha value is -0.500. The topological polar surface area (TPSA) is 54.3 Å². The van der Waals surface area contributed by atoms with Crippen molar-refractivity contribution in [2.24, 2.45) is 0 Å². The minimum Gasteiger partial charge on any atom is -0.349 e. The van der Waals surface area contributed by atoms with Crippen molar-refractivity contribution < 1.29 is 8.42 Å². The summed E-state index contributed by atoms with van der Waals surface area (Å²) in [7, 11) is -1.75. The quantitative estimate of drug-likeness (QED) is 0.751. The van der Waals surface area contributed by atoms with Crippen LogP contribution in [0, 0.1) is 0 Å². The number of hydrogen-bond acceptors (Lipinski definition) is 4. The molecular weight excluding hydrogens is 306 g/mol. The fraction of sp³-hybridized carbons (Fsp3) is 0.714. The maximum atomic E-state index is 12.5. The van der Waals surface area contributed by atoms with Crippen molar-refractivity contribution in [3.05, 3.63) is 18.0 Å². The highest BCUT2D eigenvalue weighted by Crippen LogP contribution is 2.18. The van der Waals surface area contributed by atoms with Gasteiger partial charge >= 0.3 is 0 Å². The van der Waals surface area contributed by atoms with E-state index in [4.69, 9.17) is 0 Å². The summed E-state index contributed by atoms with van der Waals surface area (Å²) in [6.45, 7) is 8.14. The second kappa shape index (κ2) is 8.22. The molecule has 0 unspecified atom stereocenters. The van der Waals surface area contributed by atoms with E-state index >= 15 is 0 Å². The molecule has 1 aromatic heterocycles. The molecule has 1 heterocycles. The number of rotatable bonds is 9. The summed E-state index contributed by atoms with van der Waals surface area (Å²) in [6.07, 6.45) is 3.71. The van der Waals surface area contributed by atoms with Crippen molar-refractivity contribution >= 4 is 21.8 Å². The van der Waals surface area contributed by atoms with E-state index in [1.54, 1.807) is 31.1 Å². The van der Waals surface area contributed by atoms with Crippen molar-refractivity contribution in [1.29, 1.82) is 0 Å². The van der Waals surface area contributed by atoms with Crippen molar-refractivity contribution in [3.8, 4) is 0 Å². The first-order valence-electron chi connectivity index (χ1n) is 7.20. The van der Waals surface area contributed by atoms with Crippen LogP contribution in [0.1, 0.15) is 26.5 Å². The second-order valence-corrected chi connectivity index (χ2v) is 8.34. The normalized spacial score (nSPS) is 12.5. The summed E-state index contributed by atoms with van der Waals surface area (Å²) in [5.41, 5.74) is 1.00. The molecule has 1 aromatic rings. The number of thioether (sulfide) groups is 1. The molecule has 0 bridgehead atoms. The number of nitrogens with one attached hydrogen (secondary N) is 1. The van der Waals surface area contributed by atoms with Crippen molar-refractivity contribution in [1.82, 2.24) is 14.2 Å². The SMILES string of the molecule is CCn1cc(S(=O)(=O)N(C)CCSC)cc1CNC(C)C. The summed E-state index contributed by atoms with van der Waals surface area (Å²) in [5.74, 6) is 0.798. The summed E-state index contributed by atoms with van der Waals surface area (Å²) < 4.78 is 28.5. The first kappa shape index (κ1) is 18.5. The Balaban J connectivity index is 2.97. The molecular formula is C14H27N3O2S2. The maximum absolute atomic E-state index is 12.5. The van der Waals surface area contributed by atoms with Gasteiger partial charge in [0.15, 0.2) is 0 Å². The lowest BCUT2D eigenvalue weighted by Crippen LogP contribution is -2.28. The molecule has 122 valence electrons. The Kier molecular flexibility index (Phi) is 7.26. The monoisotopic (exact) mass is 333 g/mol. The highest BCUT2D eigenvalue weighted by Gasteiger charge is 2.23. The van der Waals surface area contributed by atoms with Crippen LogP contribution >= 0.6 is 11.8 Å². The molecule has 5 nitrogen and oxygen atoms in total. The molecule has 0 saturated heterocycles. The van der Waals surface area contributed by atoms with E-state index in [0.717, 1.165) is 18.0 Å². The number of aryl methyl sites for hydroxylation is 1. The largest absolute Gasteiger partial charge is 0.349 e. The predicted octanol–water partition coefficient (Wildman–Crippen LogP) is 1.99. The minimum absolute atomic E-state index is 0.370.